The van der Waals surface area contributed by atoms with Crippen LogP contribution >= 0.6 is 0 Å². The van der Waals surface area contributed by atoms with E-state index in [1.165, 1.54) is 10.5 Å². The molecule has 4 saturated carbocycles. The molecule has 13 heteroatoms. The van der Waals surface area contributed by atoms with Crippen LogP contribution in [0, 0.1) is 23.2 Å². The summed E-state index contributed by atoms with van der Waals surface area (Å²) in [6.45, 7) is 7.73. The van der Waals surface area contributed by atoms with E-state index >= 15 is 0 Å². The summed E-state index contributed by atoms with van der Waals surface area (Å²) >= 11 is 0. The van der Waals surface area contributed by atoms with E-state index in [2.05, 4.69) is 43.7 Å². The van der Waals surface area contributed by atoms with Crippen LogP contribution in [0.25, 0.3) is 0 Å². The van der Waals surface area contributed by atoms with E-state index in [9.17, 15) is 35.2 Å². The monoisotopic (exact) mass is 627 g/mol. The first kappa shape index (κ1) is 31.0. The van der Waals surface area contributed by atoms with Gasteiger partial charge in [0.15, 0.2) is 4.90 Å². The minimum absolute atomic E-state index is 0.0228. The number of carbonyl (C=O) groups excluding carboxylic acids is 1. The zero-order chi connectivity index (χ0) is 30.2. The van der Waals surface area contributed by atoms with Crippen LogP contribution in [0.2, 0.25) is 0 Å². The Balaban J connectivity index is 1.48. The maximum Gasteiger partial charge on any atom is 0.432 e. The Bertz CT molecular complexity index is 1270. The van der Waals surface area contributed by atoms with Crippen LogP contribution in [0.15, 0.2) is 23.1 Å². The Morgan fingerprint density at radius 1 is 1.05 bits per heavy atom. The maximum absolute atomic E-state index is 14.2. The number of alkyl halides is 5. The van der Waals surface area contributed by atoms with Crippen molar-refractivity contribution in [3.8, 4) is 0 Å². The molecule has 4 bridgehead atoms. The molecule has 6 rings (SSSR count). The molecule has 0 aromatic heterocycles. The van der Waals surface area contributed by atoms with Crippen molar-refractivity contribution in [1.29, 1.82) is 0 Å². The third-order valence-corrected chi connectivity index (χ3v) is 12.6. The molecule has 5 fully saturated rings. The van der Waals surface area contributed by atoms with E-state index in [4.69, 9.17) is 9.29 Å². The number of hydrogen-bond donors (Lipinski definition) is 1. The summed E-state index contributed by atoms with van der Waals surface area (Å²) < 4.78 is 110. The van der Waals surface area contributed by atoms with Gasteiger partial charge in [0.2, 0.25) is 0 Å². The first-order valence-electron chi connectivity index (χ1n) is 13.9. The SMILES string of the molecule is CC(C)(C)c1ccc([S+]2CCOCC2)c(C2C3CC4CC2CC(C(=O)OC(C(F)(F)F)C(F)(F)S(=O)(=O)O)(C4)C3)c1. The van der Waals surface area contributed by atoms with Gasteiger partial charge in [-0.05, 0) is 78.9 Å². The average molecular weight is 628 g/mol. The highest BCUT2D eigenvalue weighted by Gasteiger charge is 2.68. The summed E-state index contributed by atoms with van der Waals surface area (Å²) in [6, 6.07) is 6.61. The van der Waals surface area contributed by atoms with Gasteiger partial charge >= 0.3 is 27.5 Å². The summed E-state index contributed by atoms with van der Waals surface area (Å²) in [5.74, 6) is 0.335. The predicted molar refractivity (Wildman–Crippen MR) is 142 cm³/mol. The van der Waals surface area contributed by atoms with Gasteiger partial charge in [0.25, 0.3) is 6.10 Å². The van der Waals surface area contributed by atoms with Crippen LogP contribution in [-0.4, -0.2) is 61.2 Å². The van der Waals surface area contributed by atoms with E-state index < -0.39 is 39.0 Å². The fourth-order valence-corrected chi connectivity index (χ4v) is 10.3. The lowest BCUT2D eigenvalue weighted by Gasteiger charge is -2.59. The molecule has 1 aliphatic heterocycles. The van der Waals surface area contributed by atoms with Gasteiger partial charge in [-0.15, -0.1) is 0 Å². The lowest BCUT2D eigenvalue weighted by atomic mass is 9.45. The van der Waals surface area contributed by atoms with Gasteiger partial charge in [-0.3, -0.25) is 9.35 Å². The number of hydrogen-bond acceptors (Lipinski definition) is 5. The topological polar surface area (TPSA) is 89.9 Å². The maximum atomic E-state index is 14.2. The molecule has 6 nitrogen and oxygen atoms in total. The molecule has 4 aliphatic carbocycles. The molecular weight excluding hydrogens is 591 g/mol. The van der Waals surface area contributed by atoms with E-state index in [0.29, 0.717) is 13.2 Å². The first-order valence-corrected chi connectivity index (χ1v) is 16.9. The van der Waals surface area contributed by atoms with E-state index in [1.807, 2.05) is 0 Å². The van der Waals surface area contributed by atoms with Crippen LogP contribution < -0.4 is 0 Å². The minimum Gasteiger partial charge on any atom is -0.444 e. The quantitative estimate of drug-likeness (QED) is 0.184. The largest absolute Gasteiger partial charge is 0.444 e. The van der Waals surface area contributed by atoms with Crippen LogP contribution in [0.3, 0.4) is 0 Å². The normalized spacial score (nSPS) is 31.7. The Morgan fingerprint density at radius 3 is 2.15 bits per heavy atom. The lowest BCUT2D eigenvalue weighted by molar-refractivity contribution is -0.266. The number of rotatable bonds is 6. The molecule has 0 spiro atoms. The Kier molecular flexibility index (Phi) is 7.81. The van der Waals surface area contributed by atoms with Crippen molar-refractivity contribution in [2.45, 2.75) is 86.6 Å². The summed E-state index contributed by atoms with van der Waals surface area (Å²) in [5.41, 5.74) is 0.852. The van der Waals surface area contributed by atoms with Gasteiger partial charge in [0.05, 0.1) is 18.6 Å². The van der Waals surface area contributed by atoms with Crippen molar-refractivity contribution in [2.24, 2.45) is 23.2 Å². The lowest BCUT2D eigenvalue weighted by Crippen LogP contribution is -2.57. The standard InChI is InChI=1S/C28H35F5O6S2/c1-25(2,3)19-4-5-21(40-8-6-38-7-9-40)20(12-19)22-17-10-16-11-18(22)15-26(13-16,14-17)24(34)39-23(27(29,30)31)28(32,33)41(35,36)37/h4-5,12,16-18,22-23H,6-11,13-15H2,1-3H3/p+1. The van der Waals surface area contributed by atoms with Crippen molar-refractivity contribution < 1.29 is 49.2 Å². The van der Waals surface area contributed by atoms with Gasteiger partial charge in [0.1, 0.15) is 11.5 Å². The highest BCUT2D eigenvalue weighted by atomic mass is 32.2. The zero-order valence-electron chi connectivity index (χ0n) is 23.2. The minimum atomic E-state index is -6.50. The molecule has 41 heavy (non-hydrogen) atoms. The molecule has 1 heterocycles. The number of halogens is 5. The van der Waals surface area contributed by atoms with E-state index in [0.717, 1.165) is 29.9 Å². The summed E-state index contributed by atoms with van der Waals surface area (Å²) in [4.78, 5) is 14.6. The smallest absolute Gasteiger partial charge is 0.432 e. The van der Waals surface area contributed by atoms with Gasteiger partial charge in [-0.2, -0.15) is 30.4 Å². The first-order chi connectivity index (χ1) is 18.8. The second-order valence-electron chi connectivity index (χ2n) is 13.2. The zero-order valence-corrected chi connectivity index (χ0v) is 24.8. The fraction of sp³-hybridized carbons (Fsp3) is 0.750. The van der Waals surface area contributed by atoms with Gasteiger partial charge in [-0.25, -0.2) is 0 Å². The summed E-state index contributed by atoms with van der Waals surface area (Å²) in [5, 5.41) is -5.74. The van der Waals surface area contributed by atoms with Crippen LogP contribution in [0.5, 0.6) is 0 Å². The molecule has 0 radical (unpaired) electrons. The molecule has 1 aromatic carbocycles. The molecule has 3 unspecified atom stereocenters. The number of ether oxygens (including phenoxy) is 2. The molecule has 5 aliphatic rings. The molecule has 3 atom stereocenters. The van der Waals surface area contributed by atoms with Gasteiger partial charge < -0.3 is 9.47 Å². The fourth-order valence-electron chi connectivity index (χ4n) is 7.76. The van der Waals surface area contributed by atoms with Gasteiger partial charge in [0, 0.05) is 16.5 Å². The van der Waals surface area contributed by atoms with Crippen LogP contribution in [0.1, 0.15) is 69.9 Å². The molecule has 1 saturated heterocycles. The van der Waals surface area contributed by atoms with Gasteiger partial charge in [-0.1, -0.05) is 26.8 Å². The van der Waals surface area contributed by atoms with E-state index in [1.54, 1.807) is 0 Å². The predicted octanol–water partition coefficient (Wildman–Crippen LogP) is 5.86. The Hall–Kier alpha value is -1.44. The highest BCUT2D eigenvalue weighted by molar-refractivity contribution is 7.97. The van der Waals surface area contributed by atoms with Crippen LogP contribution in [-0.2, 0) is 40.7 Å². The molecular formula is C28H36F5O6S2+. The second-order valence-corrected chi connectivity index (χ2v) is 16.9. The van der Waals surface area contributed by atoms with Crippen LogP contribution in [0.4, 0.5) is 22.0 Å². The average Bonchev–Trinajstić information content (AvgIpc) is 2.85. The number of benzene rings is 1. The highest BCUT2D eigenvalue weighted by Crippen LogP contribution is 2.66. The number of carbonyl (C=O) groups is 1. The number of esters is 1. The third kappa shape index (κ3) is 5.64. The van der Waals surface area contributed by atoms with E-state index in [-0.39, 0.29) is 59.2 Å². The second kappa shape index (κ2) is 10.3. The molecule has 230 valence electrons. The Labute approximate surface area is 239 Å². The summed E-state index contributed by atoms with van der Waals surface area (Å²) in [6.07, 6.45) is -8.09. The molecule has 0 amide bonds. The van der Waals surface area contributed by atoms with Crippen molar-refractivity contribution in [3.63, 3.8) is 0 Å². The Morgan fingerprint density at radius 2 is 1.63 bits per heavy atom. The van der Waals surface area contributed by atoms with Crippen molar-refractivity contribution in [3.05, 3.63) is 29.3 Å². The third-order valence-electron chi connectivity index (χ3n) is 9.37. The molecule has 1 aromatic rings. The van der Waals surface area contributed by atoms with Crippen molar-refractivity contribution in [1.82, 2.24) is 0 Å². The summed E-state index contributed by atoms with van der Waals surface area (Å²) in [7, 11) is -6.52. The van der Waals surface area contributed by atoms with Crippen molar-refractivity contribution in [2.75, 3.05) is 24.7 Å². The van der Waals surface area contributed by atoms with Crippen molar-refractivity contribution >= 4 is 27.0 Å². The molecule has 1 N–H and O–H groups in total.